The van der Waals surface area contributed by atoms with Crippen LogP contribution >= 0.6 is 0 Å². The molecular weight excluding hydrogens is 315 g/mol. The third kappa shape index (κ3) is 4.15. The van der Waals surface area contributed by atoms with Crippen LogP contribution in [0.5, 0.6) is 0 Å². The Labute approximate surface area is 137 Å². The zero-order valence-corrected chi connectivity index (χ0v) is 12.9. The van der Waals surface area contributed by atoms with Gasteiger partial charge in [-0.1, -0.05) is 30.2 Å². The Morgan fingerprint density at radius 2 is 2.21 bits per heavy atom. The van der Waals surface area contributed by atoms with Crippen LogP contribution in [0.4, 0.5) is 4.39 Å². The largest absolute Gasteiger partial charge is 0.480 e. The number of carbonyl (C=O) groups excluding carboxylic acids is 1. The van der Waals surface area contributed by atoms with E-state index in [0.29, 0.717) is 17.9 Å². The molecule has 1 atom stereocenters. The second-order valence-corrected chi connectivity index (χ2v) is 5.97. The topological polar surface area (TPSA) is 97.1 Å². The minimum absolute atomic E-state index is 0.0356. The molecule has 1 unspecified atom stereocenters. The number of amides is 1. The van der Waals surface area contributed by atoms with Crippen molar-refractivity contribution in [2.45, 2.75) is 31.8 Å². The number of hydrogen-bond acceptors (Lipinski definition) is 4. The number of hydrogen-bond donors (Lipinski definition) is 2. The van der Waals surface area contributed by atoms with Crippen LogP contribution in [0.1, 0.15) is 35.3 Å². The van der Waals surface area contributed by atoms with Crippen LogP contribution in [0.25, 0.3) is 0 Å². The van der Waals surface area contributed by atoms with E-state index in [1.165, 1.54) is 23.0 Å². The molecule has 1 heterocycles. The van der Waals surface area contributed by atoms with Gasteiger partial charge in [-0.3, -0.25) is 4.79 Å². The average Bonchev–Trinajstić information content (AvgIpc) is 3.23. The summed E-state index contributed by atoms with van der Waals surface area (Å²) in [7, 11) is 0. The third-order valence-corrected chi connectivity index (χ3v) is 3.87. The molecule has 2 N–H and O–H groups in total. The highest BCUT2D eigenvalue weighted by Crippen LogP contribution is 2.33. The number of aromatic nitrogens is 3. The Hall–Kier alpha value is -2.77. The maximum atomic E-state index is 13.2. The highest BCUT2D eigenvalue weighted by Gasteiger charge is 2.30. The minimum Gasteiger partial charge on any atom is -0.480 e. The first-order valence-electron chi connectivity index (χ1n) is 7.69. The van der Waals surface area contributed by atoms with Crippen LogP contribution in [0, 0.1) is 11.7 Å². The van der Waals surface area contributed by atoms with E-state index in [9.17, 15) is 19.1 Å². The summed E-state index contributed by atoms with van der Waals surface area (Å²) in [6, 6.07) is 5.12. The summed E-state index contributed by atoms with van der Waals surface area (Å²) in [6.45, 7) is 0.266. The molecular formula is C16H17FN4O3. The zero-order chi connectivity index (χ0) is 17.1. The predicted molar refractivity (Wildman–Crippen MR) is 81.8 cm³/mol. The van der Waals surface area contributed by atoms with Crippen molar-refractivity contribution in [3.8, 4) is 0 Å². The van der Waals surface area contributed by atoms with Crippen molar-refractivity contribution in [1.82, 2.24) is 20.3 Å². The minimum atomic E-state index is -1.05. The Kier molecular flexibility index (Phi) is 4.54. The average molecular weight is 332 g/mol. The van der Waals surface area contributed by atoms with Crippen LogP contribution in [-0.2, 0) is 11.3 Å². The molecule has 1 fully saturated rings. The monoisotopic (exact) mass is 332 g/mol. The van der Waals surface area contributed by atoms with Gasteiger partial charge >= 0.3 is 5.97 Å². The first-order valence-corrected chi connectivity index (χ1v) is 7.69. The number of aliphatic carboxylic acids is 1. The maximum absolute atomic E-state index is 13.2. The molecule has 24 heavy (non-hydrogen) atoms. The van der Waals surface area contributed by atoms with Crippen LogP contribution < -0.4 is 5.32 Å². The number of nitrogens with one attached hydrogen (secondary N) is 1. The molecule has 0 saturated heterocycles. The van der Waals surface area contributed by atoms with Gasteiger partial charge in [0.15, 0.2) is 5.69 Å². The van der Waals surface area contributed by atoms with Gasteiger partial charge in [0.05, 0.1) is 12.7 Å². The molecule has 1 saturated carbocycles. The first-order chi connectivity index (χ1) is 11.5. The molecule has 1 aliphatic carbocycles. The summed E-state index contributed by atoms with van der Waals surface area (Å²) in [5, 5.41) is 19.2. The molecule has 1 aromatic carbocycles. The van der Waals surface area contributed by atoms with Crippen molar-refractivity contribution in [2.75, 3.05) is 0 Å². The summed E-state index contributed by atoms with van der Waals surface area (Å²) in [5.41, 5.74) is 0.720. The lowest BCUT2D eigenvalue weighted by atomic mass is 10.1. The zero-order valence-electron chi connectivity index (χ0n) is 12.9. The van der Waals surface area contributed by atoms with E-state index in [2.05, 4.69) is 15.6 Å². The van der Waals surface area contributed by atoms with E-state index in [0.717, 1.165) is 12.8 Å². The highest BCUT2D eigenvalue weighted by molar-refractivity contribution is 5.94. The standard InChI is InChI=1S/C16H17FN4O3/c17-12-3-1-2-11(6-12)8-21-9-14(19-20-21)15(22)18-13(16(23)24)7-10-4-5-10/h1-3,6,9-10,13H,4-5,7-8H2,(H,18,22)(H,23,24). The number of halogens is 1. The van der Waals surface area contributed by atoms with Crippen molar-refractivity contribution >= 4 is 11.9 Å². The molecule has 8 heteroatoms. The van der Waals surface area contributed by atoms with Crippen molar-refractivity contribution in [3.63, 3.8) is 0 Å². The van der Waals surface area contributed by atoms with Gasteiger partial charge in [-0.2, -0.15) is 0 Å². The van der Waals surface area contributed by atoms with E-state index in [1.54, 1.807) is 12.1 Å². The second-order valence-electron chi connectivity index (χ2n) is 5.97. The van der Waals surface area contributed by atoms with Gasteiger partial charge in [0.2, 0.25) is 0 Å². The Balaban J connectivity index is 1.63. The fraction of sp³-hybridized carbons (Fsp3) is 0.375. The smallest absolute Gasteiger partial charge is 0.326 e. The van der Waals surface area contributed by atoms with Gasteiger partial charge < -0.3 is 10.4 Å². The molecule has 1 aliphatic rings. The highest BCUT2D eigenvalue weighted by atomic mass is 19.1. The van der Waals surface area contributed by atoms with E-state index in [4.69, 9.17) is 0 Å². The van der Waals surface area contributed by atoms with Crippen molar-refractivity contribution in [2.24, 2.45) is 5.92 Å². The normalized spacial score (nSPS) is 15.0. The lowest BCUT2D eigenvalue weighted by molar-refractivity contribution is -0.139. The fourth-order valence-electron chi connectivity index (χ4n) is 2.44. The van der Waals surface area contributed by atoms with Gasteiger partial charge in [0.25, 0.3) is 5.91 Å². The summed E-state index contributed by atoms with van der Waals surface area (Å²) < 4.78 is 14.6. The number of carbonyl (C=O) groups is 2. The Morgan fingerprint density at radius 1 is 1.42 bits per heavy atom. The van der Waals surface area contributed by atoms with E-state index in [-0.39, 0.29) is 18.1 Å². The SMILES string of the molecule is O=C(NC(CC1CC1)C(=O)O)c1cn(Cc2cccc(F)c2)nn1. The summed E-state index contributed by atoms with van der Waals surface area (Å²) in [5.74, 6) is -1.61. The number of rotatable bonds is 7. The molecule has 0 aliphatic heterocycles. The van der Waals surface area contributed by atoms with Gasteiger partial charge in [0.1, 0.15) is 11.9 Å². The van der Waals surface area contributed by atoms with Gasteiger partial charge in [0, 0.05) is 0 Å². The maximum Gasteiger partial charge on any atom is 0.326 e. The van der Waals surface area contributed by atoms with Crippen molar-refractivity contribution in [1.29, 1.82) is 0 Å². The molecule has 0 bridgehead atoms. The van der Waals surface area contributed by atoms with Gasteiger partial charge in [-0.15, -0.1) is 5.10 Å². The molecule has 0 radical (unpaired) electrons. The summed E-state index contributed by atoms with van der Waals surface area (Å²) >= 11 is 0. The van der Waals surface area contributed by atoms with E-state index >= 15 is 0 Å². The fourth-order valence-corrected chi connectivity index (χ4v) is 2.44. The number of nitrogens with zero attached hydrogens (tertiary/aromatic N) is 3. The van der Waals surface area contributed by atoms with Crippen molar-refractivity contribution in [3.05, 3.63) is 47.5 Å². The lowest BCUT2D eigenvalue weighted by Gasteiger charge is -2.12. The molecule has 1 amide bonds. The van der Waals surface area contributed by atoms with Crippen LogP contribution in [0.15, 0.2) is 30.5 Å². The third-order valence-electron chi connectivity index (χ3n) is 3.87. The van der Waals surface area contributed by atoms with E-state index < -0.39 is 17.9 Å². The van der Waals surface area contributed by atoms with Crippen LogP contribution in [0.3, 0.4) is 0 Å². The van der Waals surface area contributed by atoms with Gasteiger partial charge in [-0.05, 0) is 30.0 Å². The van der Waals surface area contributed by atoms with Crippen molar-refractivity contribution < 1.29 is 19.1 Å². The Bertz CT molecular complexity index is 757. The molecule has 2 aromatic rings. The summed E-state index contributed by atoms with van der Waals surface area (Å²) in [4.78, 5) is 23.3. The molecule has 1 aromatic heterocycles. The predicted octanol–water partition coefficient (Wildman–Crippen LogP) is 1.45. The van der Waals surface area contributed by atoms with Gasteiger partial charge in [-0.25, -0.2) is 13.9 Å². The summed E-state index contributed by atoms with van der Waals surface area (Å²) in [6.07, 6.45) is 3.85. The first kappa shape index (κ1) is 16.1. The van der Waals surface area contributed by atoms with Crippen LogP contribution in [-0.4, -0.2) is 38.0 Å². The number of carboxylic acids is 1. The van der Waals surface area contributed by atoms with Crippen LogP contribution in [0.2, 0.25) is 0 Å². The number of benzene rings is 1. The van der Waals surface area contributed by atoms with E-state index in [1.807, 2.05) is 0 Å². The quantitative estimate of drug-likeness (QED) is 0.800. The molecule has 126 valence electrons. The second kappa shape index (κ2) is 6.77. The molecule has 3 rings (SSSR count). The number of carboxylic acid groups (broad SMARTS) is 1. The lowest BCUT2D eigenvalue weighted by Crippen LogP contribution is -2.41. The molecule has 0 spiro atoms. The Morgan fingerprint density at radius 3 is 2.88 bits per heavy atom. The molecule has 7 nitrogen and oxygen atoms in total.